The van der Waals surface area contributed by atoms with Crippen LogP contribution in [-0.4, -0.2) is 325 Å². The topological polar surface area (TPSA) is 641 Å². The van der Waals surface area contributed by atoms with Crippen molar-refractivity contribution in [2.75, 3.05) is 79.0 Å². The van der Waals surface area contributed by atoms with Crippen LogP contribution in [0.5, 0.6) is 5.75 Å². The second-order valence-electron chi connectivity index (χ2n) is 34.2. The number of carbonyl (C=O) groups excluding carboxylic acids is 16. The number of nitrogens with zero attached hydrogens (tertiary/aromatic N) is 6. The minimum absolute atomic E-state index is 0.0162. The number of fused-ring (bicyclic) bond motifs is 4. The number of carbonyl (C=O) groups is 17. The van der Waals surface area contributed by atoms with Crippen LogP contribution in [-0.2, 0) is 107 Å². The number of unbranched alkanes of at least 4 members (excludes halogenated alkanes) is 2. The first-order valence-electron chi connectivity index (χ1n) is 45.6. The number of nitrogens with one attached hydrogen (secondary N) is 13. The van der Waals surface area contributed by atoms with Crippen LogP contribution in [0, 0.1) is 0 Å². The van der Waals surface area contributed by atoms with Crippen molar-refractivity contribution >= 4 is 134 Å². The number of hydrogen-bond acceptors (Lipinski definition) is 24. The molecule has 0 aliphatic carbocycles. The van der Waals surface area contributed by atoms with Crippen LogP contribution < -0.4 is 80.8 Å². The molecule has 15 atom stereocenters. The van der Waals surface area contributed by atoms with Gasteiger partial charge in [0.05, 0.1) is 31.8 Å². The summed E-state index contributed by atoms with van der Waals surface area (Å²) in [4.78, 5) is 269. The zero-order valence-corrected chi connectivity index (χ0v) is 78.0. The first kappa shape index (κ1) is 106. The monoisotopic (exact) mass is 1900 g/mol. The molecule has 9 rings (SSSR count). The van der Waals surface area contributed by atoms with E-state index in [4.69, 9.17) is 27.7 Å². The molecule has 43 nitrogen and oxygen atoms in total. The van der Waals surface area contributed by atoms with Gasteiger partial charge < -0.3 is 131 Å². The largest absolute Gasteiger partial charge is 0.497 e. The van der Waals surface area contributed by atoms with Crippen LogP contribution in [0.4, 0.5) is 0 Å². The van der Waals surface area contributed by atoms with Crippen molar-refractivity contribution in [3.63, 3.8) is 0 Å². The summed E-state index contributed by atoms with van der Waals surface area (Å²) in [5.41, 5.74) is 27.0. The zero-order chi connectivity index (χ0) is 98.3. The first-order chi connectivity index (χ1) is 64.6. The van der Waals surface area contributed by atoms with Crippen LogP contribution in [0.15, 0.2) is 97.7 Å². The molecular weight excluding hydrogens is 1770 g/mol. The molecule has 3 saturated heterocycles. The van der Waals surface area contributed by atoms with Crippen molar-refractivity contribution in [2.45, 2.75) is 233 Å². The number of amides is 16. The lowest BCUT2D eigenvalue weighted by Crippen LogP contribution is -2.61. The van der Waals surface area contributed by atoms with Crippen molar-refractivity contribution in [1.82, 2.24) is 97.6 Å². The summed E-state index contributed by atoms with van der Waals surface area (Å²) in [7, 11) is 5.50. The van der Waals surface area contributed by atoms with Gasteiger partial charge in [-0.2, -0.15) is 0 Å². The van der Waals surface area contributed by atoms with Crippen molar-refractivity contribution in [3.8, 4) is 5.75 Å². The van der Waals surface area contributed by atoms with E-state index in [1.54, 1.807) is 85.2 Å². The van der Waals surface area contributed by atoms with E-state index in [0.717, 1.165) is 21.6 Å². The van der Waals surface area contributed by atoms with Crippen molar-refractivity contribution in [1.29, 1.82) is 0 Å². The van der Waals surface area contributed by atoms with Gasteiger partial charge in [0.15, 0.2) is 0 Å². The van der Waals surface area contributed by atoms with Gasteiger partial charge in [0.25, 0.3) is 0 Å². The molecule has 16 amide bonds. The Balaban J connectivity index is 1.10. The highest BCUT2D eigenvalue weighted by molar-refractivity contribution is 8.00. The predicted molar refractivity (Wildman–Crippen MR) is 498 cm³/mol. The summed E-state index contributed by atoms with van der Waals surface area (Å²) < 4.78 is 5.36. The molecule has 6 heterocycles. The Morgan fingerprint density at radius 2 is 1.04 bits per heavy atom. The Labute approximate surface area is 785 Å². The molecule has 0 radical (unpaired) electrons. The van der Waals surface area contributed by atoms with E-state index >= 15 is 38.4 Å². The molecule has 44 heteroatoms. The van der Waals surface area contributed by atoms with E-state index < -0.39 is 229 Å². The quantitative estimate of drug-likeness (QED) is 0.0241. The Hall–Kier alpha value is -13.1. The molecule has 135 heavy (non-hydrogen) atoms. The van der Waals surface area contributed by atoms with Crippen LogP contribution in [0.2, 0.25) is 0 Å². The summed E-state index contributed by atoms with van der Waals surface area (Å²) in [5.74, 6) is -16.1. The maximum atomic E-state index is 15.8. The molecule has 3 aromatic heterocycles. The van der Waals surface area contributed by atoms with Gasteiger partial charge in [0.2, 0.25) is 94.5 Å². The lowest BCUT2D eigenvalue weighted by Gasteiger charge is -2.36. The molecule has 0 unspecified atom stereocenters. The Kier molecular flexibility index (Phi) is 40.2. The smallest absolute Gasteiger partial charge is 0.303 e. The highest BCUT2D eigenvalue weighted by atomic mass is 32.2. The standard InChI is InChI=1S/C91H129N23O20S/c1-8-10-23-71-84(126)103-62(22-16-34-92)80(122)109-70(79(121)99-46-75(95)116)48-135-49-76(117)101-68(38-52-26-28-57(134-7)29-27-52)87(129)110(4)51(3)78(120)104-65(33-36-94)89(131)113-37-17-25-72(113)85(127)107-67(41-55-45-96-50-100-55)83(125)105-64(30-31-77(118)119)90(132)114-47-56(115)42-74(114)86(128)106-66(39-53-43-97-60-20-14-12-18-58(53)60)82(124)102-63(32-35-93)81(123)108-69(40-54-44-98-61-21-15-13-19-59(54)61)88(130)112(6)73(24-11-9-2)91(133)111(71)5/h12-15,18-21,26-29,43-45,50-51,56,62-74,97-98,115H,8-11,16-17,22-25,30-42,46-49,92-94H2,1-7H3,(H2,95,116)(H,96,100)(H,99,121)(H,101,117)(H,102,124)(H,103,126)(H,104,120)(H,105,125)(H,106,128)(H,107,127)(H,108,123)(H,109,122)(H,118,119)/t51-,56+,62-,63-,64-,65-,66-,67-,68-,69-,70-,71-,72-,73-,74-/m0/s1. The maximum Gasteiger partial charge on any atom is 0.303 e. The van der Waals surface area contributed by atoms with E-state index in [1.807, 2.05) is 13.8 Å². The van der Waals surface area contributed by atoms with Gasteiger partial charge in [-0.3, -0.25) is 81.5 Å². The number of methoxy groups -OCH3 is 1. The van der Waals surface area contributed by atoms with Gasteiger partial charge in [-0.05, 0) is 125 Å². The Morgan fingerprint density at radius 1 is 0.526 bits per heavy atom. The molecule has 6 aromatic rings. The second kappa shape index (κ2) is 51.4. The van der Waals surface area contributed by atoms with Crippen LogP contribution in [0.3, 0.4) is 0 Å². The van der Waals surface area contributed by atoms with E-state index in [9.17, 15) is 53.4 Å². The predicted octanol–water partition coefficient (Wildman–Crippen LogP) is -2.50. The SMILES string of the molecule is CCCC[C@H]1C(=O)N(C)[C@@H](CCCC)C(=O)N[C@@H](CCCN)C(=O)N[C@H](C(=O)NCC(N)=O)CSCC(=O)N[C@@H](Cc2ccc(OC)cc2)C(=O)N(C)[C@@H](C)C(=O)N[C@@H](CCN)C(=O)N2CCC[C@H]2C(=O)N[C@@H](Cc2cnc[nH]2)C(=O)N[C@@H](CCC(=O)O)C(=O)N2C[C@H](O)C[C@H]2C(=O)N[C@@H](Cc2c[nH]c3ccccc23)C(=O)N[C@@H](CCN)C(=O)N[C@@H](Cc2c[nH]c3ccccc23)C(=O)N1C. The van der Waals surface area contributed by atoms with Gasteiger partial charge in [0, 0.05) is 125 Å². The number of aliphatic carboxylic acids is 1. The summed E-state index contributed by atoms with van der Waals surface area (Å²) >= 11 is 0.818. The fourth-order valence-electron chi connectivity index (χ4n) is 16.8. The number of benzene rings is 3. The third-order valence-electron chi connectivity index (χ3n) is 24.5. The Morgan fingerprint density at radius 3 is 1.64 bits per heavy atom. The summed E-state index contributed by atoms with van der Waals surface area (Å²) in [5, 5.41) is 49.8. The van der Waals surface area contributed by atoms with Crippen LogP contribution in [0.1, 0.15) is 139 Å². The van der Waals surface area contributed by atoms with Gasteiger partial charge in [-0.1, -0.05) is 88.1 Å². The molecule has 3 aliphatic heterocycles. The van der Waals surface area contributed by atoms with Crippen molar-refractivity contribution < 1.29 is 96.5 Å². The fourth-order valence-corrected chi connectivity index (χ4v) is 17.7. The number of rotatable bonds is 28. The number of hydrogen-bond donors (Lipinski definition) is 19. The number of aliphatic hydroxyl groups is 1. The summed E-state index contributed by atoms with van der Waals surface area (Å²) in [6.07, 6.45) is 3.21. The highest BCUT2D eigenvalue weighted by Gasteiger charge is 2.47. The van der Waals surface area contributed by atoms with Crippen LogP contribution in [0.25, 0.3) is 21.8 Å². The highest BCUT2D eigenvalue weighted by Crippen LogP contribution is 2.28. The van der Waals surface area contributed by atoms with Crippen molar-refractivity contribution in [2.24, 2.45) is 22.9 Å². The second-order valence-corrected chi connectivity index (χ2v) is 35.2. The average Bonchev–Trinajstić information content (AvgIpc) is 1.68. The fraction of sp³-hybridized carbons (Fsp3) is 0.538. The molecule has 23 N–H and O–H groups in total. The van der Waals surface area contributed by atoms with Crippen LogP contribution >= 0.6 is 11.8 Å². The summed E-state index contributed by atoms with van der Waals surface area (Å²) in [6.45, 7) is 3.38. The van der Waals surface area contributed by atoms with E-state index in [-0.39, 0.29) is 115 Å². The van der Waals surface area contributed by atoms with Crippen molar-refractivity contribution in [3.05, 3.63) is 120 Å². The molecule has 0 spiro atoms. The lowest BCUT2D eigenvalue weighted by molar-refractivity contribution is -0.149. The number of thioether (sulfide) groups is 1. The zero-order valence-electron chi connectivity index (χ0n) is 77.1. The minimum Gasteiger partial charge on any atom is -0.497 e. The molecule has 0 saturated carbocycles. The number of ether oxygens (including phenoxy) is 1. The number of likely N-dealkylation sites (N-methyl/N-ethyl adjacent to an activating group) is 3. The number of carboxylic acid groups (broad SMARTS) is 1. The van der Waals surface area contributed by atoms with Gasteiger partial charge >= 0.3 is 5.97 Å². The molecule has 3 aliphatic rings. The number of nitrogens with two attached hydrogens (primary N) is 4. The molecule has 0 bridgehead atoms. The number of para-hydroxylation sites is 2. The third kappa shape index (κ3) is 29.2. The molecule has 734 valence electrons. The Bertz CT molecular complexity index is 5130. The maximum absolute atomic E-state index is 15.8. The lowest BCUT2D eigenvalue weighted by atomic mass is 9.99. The average molecular weight is 1900 g/mol. The number of aliphatic hydroxyl groups excluding tert-OH is 1. The van der Waals surface area contributed by atoms with E-state index in [0.29, 0.717) is 69.9 Å². The minimum atomic E-state index is -1.80. The number of imidazole rings is 1. The van der Waals surface area contributed by atoms with E-state index in [2.05, 4.69) is 73.1 Å². The van der Waals surface area contributed by atoms with Gasteiger partial charge in [0.1, 0.15) is 90.3 Å². The van der Waals surface area contributed by atoms with E-state index in [1.165, 1.54) is 62.4 Å². The number of primary amides is 1. The first-order valence-corrected chi connectivity index (χ1v) is 46.8. The molecule has 3 fully saturated rings. The molecule has 3 aromatic carbocycles. The third-order valence-corrected chi connectivity index (χ3v) is 25.6. The number of aromatic nitrogens is 4. The number of aromatic amines is 3. The normalized spacial score (nSPS) is 24.8. The van der Waals surface area contributed by atoms with Gasteiger partial charge in [-0.25, -0.2) is 4.98 Å². The summed E-state index contributed by atoms with van der Waals surface area (Å²) in [6, 6.07) is -0.372. The van der Waals surface area contributed by atoms with Gasteiger partial charge in [-0.15, -0.1) is 11.8 Å². The number of carboxylic acids is 1. The molecular formula is C91H129N23O20S. The number of H-pyrrole nitrogens is 3.